The normalized spacial score (nSPS) is 15.5. The molecule has 1 aromatic rings. The van der Waals surface area contributed by atoms with Gasteiger partial charge in [-0.25, -0.2) is 0 Å². The van der Waals surface area contributed by atoms with Gasteiger partial charge in [-0.05, 0) is 21.6 Å². The maximum Gasteiger partial charge on any atom is -0.0105 e. The zero-order valence-corrected chi connectivity index (χ0v) is 8.93. The summed E-state index contributed by atoms with van der Waals surface area (Å²) in [4.78, 5) is 0. The summed E-state index contributed by atoms with van der Waals surface area (Å²) in [5, 5.41) is 2.56. The molecule has 3 rings (SSSR count). The summed E-state index contributed by atoms with van der Waals surface area (Å²) < 4.78 is 0. The van der Waals surface area contributed by atoms with E-state index in [9.17, 15) is 0 Å². The van der Waals surface area contributed by atoms with E-state index < -0.39 is 0 Å². The highest BCUT2D eigenvalue weighted by Gasteiger charge is 2.01. The minimum Gasteiger partial charge on any atom is -0.0622 e. The maximum absolute atomic E-state index is 2.18. The average molecular weight is 204 g/mol. The highest BCUT2D eigenvalue weighted by Crippen LogP contribution is 2.08. The van der Waals surface area contributed by atoms with Crippen molar-refractivity contribution >= 4 is 24.3 Å². The first-order valence-corrected chi connectivity index (χ1v) is 5.48. The van der Waals surface area contributed by atoms with Gasteiger partial charge in [-0.2, -0.15) is 0 Å². The Hall–Kier alpha value is -2.08. The Kier molecular flexibility index (Phi) is 2.19. The van der Waals surface area contributed by atoms with Crippen LogP contribution < -0.4 is 10.4 Å². The molecular formula is C16H12. The smallest absolute Gasteiger partial charge is 0.0105 e. The fourth-order valence-corrected chi connectivity index (χ4v) is 2.08. The van der Waals surface area contributed by atoms with Crippen LogP contribution in [-0.4, -0.2) is 0 Å². The van der Waals surface area contributed by atoms with Gasteiger partial charge in [-0.1, -0.05) is 72.9 Å². The molecule has 0 spiro atoms. The third-order valence-corrected chi connectivity index (χ3v) is 2.88. The first kappa shape index (κ1) is 9.17. The SMILES string of the molecule is C1=CC=c2ccc3c(c2C=C1)C=CC=CC=3. The zero-order valence-electron chi connectivity index (χ0n) is 8.93. The molecular weight excluding hydrogens is 192 g/mol. The lowest BCUT2D eigenvalue weighted by Gasteiger charge is -2.03. The zero-order chi connectivity index (χ0) is 10.8. The van der Waals surface area contributed by atoms with Crippen molar-refractivity contribution in [2.45, 2.75) is 0 Å². The van der Waals surface area contributed by atoms with E-state index in [1.54, 1.807) is 0 Å². The van der Waals surface area contributed by atoms with Crippen LogP contribution in [0.5, 0.6) is 0 Å². The second kappa shape index (κ2) is 3.82. The fraction of sp³-hybridized carbons (Fsp3) is 0. The molecule has 0 heterocycles. The van der Waals surface area contributed by atoms with Crippen LogP contribution in [-0.2, 0) is 0 Å². The van der Waals surface area contributed by atoms with Gasteiger partial charge in [0.2, 0.25) is 0 Å². The van der Waals surface area contributed by atoms with E-state index in [-0.39, 0.29) is 0 Å². The van der Waals surface area contributed by atoms with E-state index in [1.165, 1.54) is 21.6 Å². The van der Waals surface area contributed by atoms with Crippen LogP contribution in [0.2, 0.25) is 0 Å². The number of hydrogen-bond acceptors (Lipinski definition) is 0. The first-order valence-electron chi connectivity index (χ1n) is 5.48. The molecule has 0 radical (unpaired) electrons. The molecule has 0 unspecified atom stereocenters. The van der Waals surface area contributed by atoms with Gasteiger partial charge in [0.1, 0.15) is 0 Å². The first-order chi connectivity index (χ1) is 7.95. The van der Waals surface area contributed by atoms with Crippen molar-refractivity contribution in [1.29, 1.82) is 0 Å². The minimum atomic E-state index is 1.28. The van der Waals surface area contributed by atoms with Gasteiger partial charge >= 0.3 is 0 Å². The Morgan fingerprint density at radius 3 is 1.50 bits per heavy atom. The summed E-state index contributed by atoms with van der Waals surface area (Å²) in [5.41, 5.74) is 2.61. The highest BCUT2D eigenvalue weighted by molar-refractivity contribution is 5.72. The van der Waals surface area contributed by atoms with Crippen molar-refractivity contribution in [3.63, 3.8) is 0 Å². The van der Waals surface area contributed by atoms with Crippen molar-refractivity contribution in [1.82, 2.24) is 0 Å². The van der Waals surface area contributed by atoms with Crippen molar-refractivity contribution in [2.75, 3.05) is 0 Å². The van der Waals surface area contributed by atoms with E-state index in [2.05, 4.69) is 72.9 Å². The van der Waals surface area contributed by atoms with Crippen LogP contribution in [0.15, 0.2) is 48.6 Å². The summed E-state index contributed by atoms with van der Waals surface area (Å²) >= 11 is 0. The molecule has 0 aliphatic heterocycles. The van der Waals surface area contributed by atoms with Crippen molar-refractivity contribution in [3.05, 3.63) is 70.2 Å². The summed E-state index contributed by atoms with van der Waals surface area (Å²) in [6, 6.07) is 4.36. The van der Waals surface area contributed by atoms with Gasteiger partial charge in [-0.15, -0.1) is 0 Å². The average Bonchev–Trinajstić information content (AvgIpc) is 2.68. The molecule has 0 saturated carbocycles. The molecule has 2 aliphatic rings. The highest BCUT2D eigenvalue weighted by atomic mass is 14.1. The van der Waals surface area contributed by atoms with E-state index in [0.29, 0.717) is 0 Å². The molecule has 0 saturated heterocycles. The van der Waals surface area contributed by atoms with Crippen molar-refractivity contribution in [3.8, 4) is 0 Å². The summed E-state index contributed by atoms with van der Waals surface area (Å²) in [7, 11) is 0. The number of hydrogen-bond donors (Lipinski definition) is 0. The molecule has 16 heavy (non-hydrogen) atoms. The van der Waals surface area contributed by atoms with Crippen LogP contribution in [0.4, 0.5) is 0 Å². The number of benzene rings is 1. The van der Waals surface area contributed by atoms with Gasteiger partial charge in [0.15, 0.2) is 0 Å². The second-order valence-corrected chi connectivity index (χ2v) is 3.89. The van der Waals surface area contributed by atoms with E-state index in [0.717, 1.165) is 0 Å². The number of fused-ring (bicyclic) bond motifs is 3. The van der Waals surface area contributed by atoms with Crippen molar-refractivity contribution in [2.24, 2.45) is 0 Å². The number of rotatable bonds is 0. The predicted molar refractivity (Wildman–Crippen MR) is 71.0 cm³/mol. The molecule has 0 atom stereocenters. The van der Waals surface area contributed by atoms with Gasteiger partial charge in [-0.3, -0.25) is 0 Å². The van der Waals surface area contributed by atoms with Crippen molar-refractivity contribution < 1.29 is 0 Å². The Morgan fingerprint density at radius 2 is 1.00 bits per heavy atom. The Bertz CT molecular complexity index is 591. The largest absolute Gasteiger partial charge is 0.0622 e. The fourth-order valence-electron chi connectivity index (χ4n) is 2.08. The maximum atomic E-state index is 2.18. The Balaban J connectivity index is 2.42. The van der Waals surface area contributed by atoms with Gasteiger partial charge in [0, 0.05) is 0 Å². The summed E-state index contributed by atoms with van der Waals surface area (Å²) in [6.07, 6.45) is 21.1. The Morgan fingerprint density at radius 1 is 0.500 bits per heavy atom. The van der Waals surface area contributed by atoms with Gasteiger partial charge < -0.3 is 0 Å². The molecule has 2 aliphatic carbocycles. The van der Waals surface area contributed by atoms with E-state index in [1.807, 2.05) is 0 Å². The summed E-state index contributed by atoms with van der Waals surface area (Å²) in [5.74, 6) is 0. The van der Waals surface area contributed by atoms with Crippen LogP contribution >= 0.6 is 0 Å². The monoisotopic (exact) mass is 204 g/mol. The molecule has 0 N–H and O–H groups in total. The number of allylic oxidation sites excluding steroid dienone is 6. The topological polar surface area (TPSA) is 0 Å². The van der Waals surface area contributed by atoms with E-state index in [4.69, 9.17) is 0 Å². The van der Waals surface area contributed by atoms with Crippen LogP contribution in [0, 0.1) is 0 Å². The molecule has 0 aromatic heterocycles. The lowest BCUT2D eigenvalue weighted by Crippen LogP contribution is -2.16. The lowest BCUT2D eigenvalue weighted by atomic mass is 10.0. The predicted octanol–water partition coefficient (Wildman–Crippen LogP) is 2.41. The molecule has 0 amide bonds. The Labute approximate surface area is 94.9 Å². The summed E-state index contributed by atoms with van der Waals surface area (Å²) in [6.45, 7) is 0. The molecule has 0 heteroatoms. The van der Waals surface area contributed by atoms with Gasteiger partial charge in [0.05, 0.1) is 0 Å². The molecule has 1 aromatic carbocycles. The molecule has 0 fully saturated rings. The van der Waals surface area contributed by atoms with Crippen LogP contribution in [0.3, 0.4) is 0 Å². The van der Waals surface area contributed by atoms with Crippen LogP contribution in [0.1, 0.15) is 11.1 Å². The van der Waals surface area contributed by atoms with Gasteiger partial charge in [0.25, 0.3) is 0 Å². The lowest BCUT2D eigenvalue weighted by molar-refractivity contribution is 1.48. The quantitative estimate of drug-likeness (QED) is 0.609. The minimum absolute atomic E-state index is 1.28. The molecule has 0 nitrogen and oxygen atoms in total. The molecule has 0 bridgehead atoms. The standard InChI is InChI=1S/C16H12/c1-3-7-13-11-12-14-8-4-2-6-10-16(14)15(13)9-5-1/h1-12H. The van der Waals surface area contributed by atoms with E-state index >= 15 is 0 Å². The molecule has 76 valence electrons. The third kappa shape index (κ3) is 1.49. The third-order valence-electron chi connectivity index (χ3n) is 2.88. The second-order valence-electron chi connectivity index (χ2n) is 3.89. The van der Waals surface area contributed by atoms with Crippen LogP contribution in [0.25, 0.3) is 24.3 Å².